The van der Waals surface area contributed by atoms with Crippen molar-refractivity contribution in [2.75, 3.05) is 0 Å². The number of nitrogens with zero attached hydrogens (tertiary/aromatic N) is 1. The van der Waals surface area contributed by atoms with E-state index >= 15 is 0 Å². The summed E-state index contributed by atoms with van der Waals surface area (Å²) < 4.78 is 0. The summed E-state index contributed by atoms with van der Waals surface area (Å²) in [4.78, 5) is 0. The van der Waals surface area contributed by atoms with Crippen LogP contribution in [0.2, 0.25) is 10.0 Å². The summed E-state index contributed by atoms with van der Waals surface area (Å²) in [6.07, 6.45) is 0.534. The third-order valence-electron chi connectivity index (χ3n) is 1.63. The normalized spacial score (nSPS) is 11.8. The summed E-state index contributed by atoms with van der Waals surface area (Å²) in [5.41, 5.74) is 1.52. The van der Waals surface area contributed by atoms with Gasteiger partial charge in [0.15, 0.2) is 0 Å². The van der Waals surface area contributed by atoms with Crippen LogP contribution in [0.1, 0.15) is 12.5 Å². The highest BCUT2D eigenvalue weighted by Crippen LogP contribution is 2.21. The third kappa shape index (κ3) is 2.90. The van der Waals surface area contributed by atoms with Crippen LogP contribution in [0.3, 0.4) is 0 Å². The summed E-state index contributed by atoms with van der Waals surface area (Å²) >= 11 is 11.6. The van der Waals surface area contributed by atoms with E-state index in [1.807, 2.05) is 6.07 Å². The Kier molecular flexibility index (Phi) is 3.58. The predicted octanol–water partition coefficient (Wildman–Crippen LogP) is 3.39. The van der Waals surface area contributed by atoms with Gasteiger partial charge in [0.25, 0.3) is 0 Å². The molecule has 1 N–H and O–H groups in total. The van der Waals surface area contributed by atoms with Gasteiger partial charge in [-0.2, -0.15) is 0 Å². The fraction of sp³-hybridized carbons (Fsp3) is 0.222. The highest BCUT2D eigenvalue weighted by molar-refractivity contribution is 6.35. The van der Waals surface area contributed by atoms with Crippen LogP contribution in [0.5, 0.6) is 0 Å². The van der Waals surface area contributed by atoms with Crippen molar-refractivity contribution >= 4 is 28.9 Å². The summed E-state index contributed by atoms with van der Waals surface area (Å²) in [5.74, 6) is 0. The van der Waals surface area contributed by atoms with E-state index in [-0.39, 0.29) is 0 Å². The van der Waals surface area contributed by atoms with E-state index in [9.17, 15) is 0 Å². The van der Waals surface area contributed by atoms with Gasteiger partial charge in [-0.25, -0.2) is 0 Å². The topological polar surface area (TPSA) is 32.6 Å². The number of halogens is 2. The molecule has 1 aromatic carbocycles. The lowest BCUT2D eigenvalue weighted by molar-refractivity contribution is 0.317. The van der Waals surface area contributed by atoms with Gasteiger partial charge in [-0.05, 0) is 24.6 Å². The van der Waals surface area contributed by atoms with E-state index in [1.165, 1.54) is 0 Å². The quantitative estimate of drug-likeness (QED) is 0.460. The van der Waals surface area contributed by atoms with Gasteiger partial charge >= 0.3 is 0 Å². The first kappa shape index (κ1) is 10.4. The van der Waals surface area contributed by atoms with E-state index < -0.39 is 0 Å². The molecule has 1 rings (SSSR count). The molecule has 0 radical (unpaired) electrons. The third-order valence-corrected chi connectivity index (χ3v) is 2.22. The van der Waals surface area contributed by atoms with Gasteiger partial charge in [-0.3, -0.25) is 0 Å². The van der Waals surface area contributed by atoms with Crippen LogP contribution in [0.15, 0.2) is 23.4 Å². The molecular formula is C9H9Cl2NO. The first-order valence-corrected chi connectivity index (χ1v) is 4.50. The Hall–Kier alpha value is -0.730. The van der Waals surface area contributed by atoms with E-state index in [1.54, 1.807) is 19.1 Å². The van der Waals surface area contributed by atoms with Gasteiger partial charge in [-0.15, -0.1) is 0 Å². The lowest BCUT2D eigenvalue weighted by atomic mass is 10.1. The SMILES string of the molecule is C/C(Cc1ccc(Cl)cc1Cl)=N/O. The number of hydrogen-bond acceptors (Lipinski definition) is 2. The Labute approximate surface area is 86.8 Å². The minimum Gasteiger partial charge on any atom is -0.411 e. The van der Waals surface area contributed by atoms with Crippen molar-refractivity contribution < 1.29 is 5.21 Å². The molecule has 0 atom stereocenters. The van der Waals surface area contributed by atoms with Crippen LogP contribution >= 0.6 is 23.2 Å². The van der Waals surface area contributed by atoms with Crippen molar-refractivity contribution in [3.63, 3.8) is 0 Å². The monoisotopic (exact) mass is 217 g/mol. The summed E-state index contributed by atoms with van der Waals surface area (Å²) in [6.45, 7) is 1.73. The van der Waals surface area contributed by atoms with E-state index in [0.29, 0.717) is 22.2 Å². The maximum atomic E-state index is 8.46. The zero-order valence-corrected chi connectivity index (χ0v) is 8.60. The van der Waals surface area contributed by atoms with Crippen molar-refractivity contribution in [2.45, 2.75) is 13.3 Å². The van der Waals surface area contributed by atoms with Crippen LogP contribution in [0.4, 0.5) is 0 Å². The van der Waals surface area contributed by atoms with Crippen molar-refractivity contribution in [3.05, 3.63) is 33.8 Å². The molecule has 0 aliphatic rings. The van der Waals surface area contributed by atoms with Crippen molar-refractivity contribution in [3.8, 4) is 0 Å². The molecule has 0 aliphatic carbocycles. The molecule has 0 heterocycles. The van der Waals surface area contributed by atoms with Gasteiger partial charge in [0, 0.05) is 16.5 Å². The van der Waals surface area contributed by atoms with Crippen LogP contribution in [-0.2, 0) is 6.42 Å². The highest BCUT2D eigenvalue weighted by atomic mass is 35.5. The van der Waals surface area contributed by atoms with Crippen LogP contribution in [0.25, 0.3) is 0 Å². The second kappa shape index (κ2) is 4.49. The molecule has 0 fully saturated rings. The fourth-order valence-corrected chi connectivity index (χ4v) is 1.45. The second-order valence-corrected chi connectivity index (χ2v) is 3.59. The predicted molar refractivity (Wildman–Crippen MR) is 55.1 cm³/mol. The van der Waals surface area contributed by atoms with E-state index in [4.69, 9.17) is 28.4 Å². The van der Waals surface area contributed by atoms with Crippen molar-refractivity contribution in [1.82, 2.24) is 0 Å². The Bertz CT molecular complexity index is 336. The van der Waals surface area contributed by atoms with Crippen LogP contribution < -0.4 is 0 Å². The molecular weight excluding hydrogens is 209 g/mol. The Morgan fingerprint density at radius 2 is 2.15 bits per heavy atom. The lowest BCUT2D eigenvalue weighted by Gasteiger charge is -2.02. The van der Waals surface area contributed by atoms with Crippen molar-refractivity contribution in [1.29, 1.82) is 0 Å². The zero-order valence-electron chi connectivity index (χ0n) is 7.09. The Balaban J connectivity index is 2.90. The van der Waals surface area contributed by atoms with Gasteiger partial charge < -0.3 is 5.21 Å². The molecule has 0 saturated carbocycles. The van der Waals surface area contributed by atoms with E-state index in [2.05, 4.69) is 5.16 Å². The van der Waals surface area contributed by atoms with Gasteiger partial charge in [-0.1, -0.05) is 34.4 Å². The molecule has 0 amide bonds. The molecule has 2 nitrogen and oxygen atoms in total. The first-order valence-electron chi connectivity index (χ1n) is 3.75. The zero-order chi connectivity index (χ0) is 9.84. The Morgan fingerprint density at radius 3 is 2.69 bits per heavy atom. The highest BCUT2D eigenvalue weighted by Gasteiger charge is 2.02. The molecule has 0 aromatic heterocycles. The van der Waals surface area contributed by atoms with Crippen molar-refractivity contribution in [2.24, 2.45) is 5.16 Å². The maximum absolute atomic E-state index is 8.46. The minimum absolute atomic E-state index is 0.534. The standard InChI is InChI=1S/C9H9Cl2NO/c1-6(12-13)4-7-2-3-8(10)5-9(7)11/h2-3,5,13H,4H2,1H3/b12-6-. The number of oxime groups is 1. The molecule has 4 heteroatoms. The lowest BCUT2D eigenvalue weighted by Crippen LogP contribution is -1.97. The molecule has 70 valence electrons. The minimum atomic E-state index is 0.534. The average molecular weight is 218 g/mol. The van der Waals surface area contributed by atoms with Gasteiger partial charge in [0.1, 0.15) is 0 Å². The Morgan fingerprint density at radius 1 is 1.46 bits per heavy atom. The summed E-state index contributed by atoms with van der Waals surface area (Å²) in [5, 5.41) is 12.7. The molecule has 1 aromatic rings. The van der Waals surface area contributed by atoms with E-state index in [0.717, 1.165) is 5.56 Å². The van der Waals surface area contributed by atoms with Gasteiger partial charge in [0.05, 0.1) is 5.71 Å². The molecule has 0 bridgehead atoms. The largest absolute Gasteiger partial charge is 0.411 e. The number of hydrogen-bond donors (Lipinski definition) is 1. The summed E-state index contributed by atoms with van der Waals surface area (Å²) in [7, 11) is 0. The second-order valence-electron chi connectivity index (χ2n) is 2.75. The molecule has 0 saturated heterocycles. The average Bonchev–Trinajstić information content (AvgIpc) is 2.09. The maximum Gasteiger partial charge on any atom is 0.0584 e. The van der Waals surface area contributed by atoms with Gasteiger partial charge in [0.2, 0.25) is 0 Å². The smallest absolute Gasteiger partial charge is 0.0584 e. The number of benzene rings is 1. The molecule has 13 heavy (non-hydrogen) atoms. The summed E-state index contributed by atoms with van der Waals surface area (Å²) in [6, 6.07) is 5.25. The number of rotatable bonds is 2. The molecule has 0 spiro atoms. The van der Waals surface area contributed by atoms with Crippen LogP contribution in [-0.4, -0.2) is 10.9 Å². The molecule has 0 unspecified atom stereocenters. The first-order chi connectivity index (χ1) is 6.13. The fourth-order valence-electron chi connectivity index (χ4n) is 0.976. The van der Waals surface area contributed by atoms with Crippen LogP contribution in [0, 0.1) is 0 Å². The molecule has 0 aliphatic heterocycles.